The fourth-order valence-electron chi connectivity index (χ4n) is 2.30. The second-order valence-corrected chi connectivity index (χ2v) is 4.55. The highest BCUT2D eigenvalue weighted by Gasteiger charge is 2.43. The lowest BCUT2D eigenvalue weighted by molar-refractivity contribution is -0.187. The van der Waals surface area contributed by atoms with Gasteiger partial charge in [-0.2, -0.15) is 5.06 Å². The summed E-state index contributed by atoms with van der Waals surface area (Å²) in [6, 6.07) is -0.0567. The highest BCUT2D eigenvalue weighted by molar-refractivity contribution is 5.75. The van der Waals surface area contributed by atoms with Crippen LogP contribution in [0.25, 0.3) is 0 Å². The standard InChI is InChI=1S/C14H18NO5/c1-18-13(16)7-8-15-11(10-5-3-4-6-10)9-12(20-15)14(17)19-2/h3-6,11-12H,7-9H2,1-2H3/t11-,12-/m0/s1. The van der Waals surface area contributed by atoms with Crippen molar-refractivity contribution in [3.8, 4) is 0 Å². The third kappa shape index (κ3) is 3.49. The number of ether oxygens (including phenoxy) is 2. The summed E-state index contributed by atoms with van der Waals surface area (Å²) in [4.78, 5) is 28.4. The van der Waals surface area contributed by atoms with E-state index in [2.05, 4.69) is 4.74 Å². The van der Waals surface area contributed by atoms with Gasteiger partial charge in [0, 0.05) is 24.9 Å². The highest BCUT2D eigenvalue weighted by atomic mass is 16.7. The first-order chi connectivity index (χ1) is 9.65. The first-order valence-electron chi connectivity index (χ1n) is 6.45. The fraction of sp³-hybridized carbons (Fsp3) is 0.500. The van der Waals surface area contributed by atoms with Crippen LogP contribution in [0.2, 0.25) is 0 Å². The van der Waals surface area contributed by atoms with E-state index in [0.29, 0.717) is 13.0 Å². The molecule has 0 N–H and O–H groups in total. The smallest absolute Gasteiger partial charge is 0.337 e. The van der Waals surface area contributed by atoms with Gasteiger partial charge in [-0.1, -0.05) is 0 Å². The van der Waals surface area contributed by atoms with E-state index < -0.39 is 12.1 Å². The van der Waals surface area contributed by atoms with Gasteiger partial charge in [-0.05, 0) is 25.7 Å². The van der Waals surface area contributed by atoms with Gasteiger partial charge in [0.2, 0.25) is 0 Å². The molecule has 1 aliphatic heterocycles. The van der Waals surface area contributed by atoms with Gasteiger partial charge in [0.1, 0.15) is 0 Å². The minimum atomic E-state index is -0.627. The molecule has 2 fully saturated rings. The van der Waals surface area contributed by atoms with Gasteiger partial charge in [-0.15, -0.1) is 0 Å². The van der Waals surface area contributed by atoms with Crippen molar-refractivity contribution in [3.63, 3.8) is 0 Å². The molecule has 0 bridgehead atoms. The molecule has 1 aliphatic carbocycles. The van der Waals surface area contributed by atoms with Crippen LogP contribution in [-0.4, -0.2) is 49.9 Å². The summed E-state index contributed by atoms with van der Waals surface area (Å²) >= 11 is 0. The maximum absolute atomic E-state index is 11.6. The zero-order valence-electron chi connectivity index (χ0n) is 11.6. The van der Waals surface area contributed by atoms with E-state index in [1.165, 1.54) is 14.2 Å². The Bertz CT molecular complexity index is 353. The molecule has 1 saturated heterocycles. The molecule has 2 atom stereocenters. The van der Waals surface area contributed by atoms with E-state index in [4.69, 9.17) is 9.57 Å². The summed E-state index contributed by atoms with van der Waals surface area (Å²) < 4.78 is 9.33. The van der Waals surface area contributed by atoms with Crippen molar-refractivity contribution < 1.29 is 23.9 Å². The number of hydrogen-bond acceptors (Lipinski definition) is 6. The summed E-state index contributed by atoms with van der Waals surface area (Å²) in [6.45, 7) is 0.371. The van der Waals surface area contributed by atoms with Gasteiger partial charge in [0.15, 0.2) is 6.10 Å². The lowest BCUT2D eigenvalue weighted by atomic mass is 9.94. The normalized spacial score (nSPS) is 27.7. The number of methoxy groups -OCH3 is 2. The van der Waals surface area contributed by atoms with Crippen LogP contribution in [0, 0.1) is 31.6 Å². The molecule has 2 aliphatic rings. The van der Waals surface area contributed by atoms with Crippen LogP contribution in [0.3, 0.4) is 0 Å². The van der Waals surface area contributed by atoms with Crippen molar-refractivity contribution in [2.75, 3.05) is 20.8 Å². The van der Waals surface area contributed by atoms with E-state index in [1.807, 2.05) is 25.7 Å². The summed E-state index contributed by atoms with van der Waals surface area (Å²) in [5, 5.41) is 1.66. The summed E-state index contributed by atoms with van der Waals surface area (Å²) in [7, 11) is 2.68. The molecule has 109 valence electrons. The Hall–Kier alpha value is -1.14. The SMILES string of the molecule is COC(=O)CCN1O[C@H](C(=O)OC)C[C@H]1[C]1[CH][CH][CH][CH]1. The molecule has 5 radical (unpaired) electrons. The quantitative estimate of drug-likeness (QED) is 0.683. The molecular formula is C14H18NO5. The second-order valence-electron chi connectivity index (χ2n) is 4.55. The average molecular weight is 280 g/mol. The Labute approximate surface area is 119 Å². The van der Waals surface area contributed by atoms with E-state index in [1.54, 1.807) is 5.06 Å². The van der Waals surface area contributed by atoms with Crippen LogP contribution in [0.1, 0.15) is 12.8 Å². The van der Waals surface area contributed by atoms with E-state index >= 15 is 0 Å². The molecule has 1 saturated carbocycles. The number of hydroxylamine groups is 2. The van der Waals surface area contributed by atoms with Crippen molar-refractivity contribution in [3.05, 3.63) is 31.6 Å². The van der Waals surface area contributed by atoms with Gasteiger partial charge in [-0.25, -0.2) is 4.79 Å². The average Bonchev–Trinajstić information content (AvgIpc) is 3.12. The zero-order valence-corrected chi connectivity index (χ0v) is 11.6. The molecule has 0 aromatic carbocycles. The van der Waals surface area contributed by atoms with Gasteiger partial charge < -0.3 is 9.47 Å². The monoisotopic (exact) mass is 280 g/mol. The number of esters is 2. The van der Waals surface area contributed by atoms with Crippen LogP contribution < -0.4 is 0 Å². The lowest BCUT2D eigenvalue weighted by Crippen LogP contribution is -2.34. The van der Waals surface area contributed by atoms with Crippen molar-refractivity contribution in [2.45, 2.75) is 25.0 Å². The molecular weight excluding hydrogens is 262 g/mol. The van der Waals surface area contributed by atoms with Gasteiger partial charge >= 0.3 is 11.9 Å². The molecule has 1 heterocycles. The first kappa shape index (κ1) is 15.3. The van der Waals surface area contributed by atoms with Crippen molar-refractivity contribution in [1.82, 2.24) is 5.06 Å². The van der Waals surface area contributed by atoms with Gasteiger partial charge in [0.05, 0.1) is 20.6 Å². The molecule has 0 spiro atoms. The van der Waals surface area contributed by atoms with Crippen molar-refractivity contribution in [1.29, 1.82) is 0 Å². The fourth-order valence-corrected chi connectivity index (χ4v) is 2.30. The van der Waals surface area contributed by atoms with Gasteiger partial charge in [-0.3, -0.25) is 9.63 Å². The van der Waals surface area contributed by atoms with Crippen LogP contribution in [-0.2, 0) is 23.9 Å². The zero-order chi connectivity index (χ0) is 14.5. The minimum Gasteiger partial charge on any atom is -0.469 e. The number of rotatable bonds is 5. The van der Waals surface area contributed by atoms with Crippen LogP contribution >= 0.6 is 0 Å². The molecule has 0 amide bonds. The Morgan fingerprint density at radius 1 is 1.30 bits per heavy atom. The van der Waals surface area contributed by atoms with Crippen LogP contribution in [0.4, 0.5) is 0 Å². The molecule has 0 aromatic rings. The predicted octanol–water partition coefficient (Wildman–Crippen LogP) is 0.502. The molecule has 6 nitrogen and oxygen atoms in total. The maximum Gasteiger partial charge on any atom is 0.337 e. The van der Waals surface area contributed by atoms with E-state index in [-0.39, 0.29) is 18.4 Å². The third-order valence-corrected chi connectivity index (χ3v) is 3.35. The van der Waals surface area contributed by atoms with Crippen LogP contribution in [0.15, 0.2) is 0 Å². The minimum absolute atomic E-state index is 0.0567. The lowest BCUT2D eigenvalue weighted by Gasteiger charge is -2.25. The Morgan fingerprint density at radius 2 is 2.00 bits per heavy atom. The van der Waals surface area contributed by atoms with Crippen molar-refractivity contribution >= 4 is 11.9 Å². The van der Waals surface area contributed by atoms with E-state index in [9.17, 15) is 9.59 Å². The van der Waals surface area contributed by atoms with E-state index in [0.717, 1.165) is 5.92 Å². The highest BCUT2D eigenvalue weighted by Crippen LogP contribution is 2.36. The molecule has 6 heteroatoms. The molecule has 0 aromatic heterocycles. The first-order valence-corrected chi connectivity index (χ1v) is 6.45. The number of carbonyl (C=O) groups is 2. The number of hydrogen-bond donors (Lipinski definition) is 0. The predicted molar refractivity (Wildman–Crippen MR) is 69.1 cm³/mol. The second kappa shape index (κ2) is 7.04. The Balaban J connectivity index is 1.97. The van der Waals surface area contributed by atoms with Crippen LogP contribution in [0.5, 0.6) is 0 Å². The largest absolute Gasteiger partial charge is 0.469 e. The number of nitrogens with zero attached hydrogens (tertiary/aromatic N) is 1. The molecule has 20 heavy (non-hydrogen) atoms. The number of carbonyl (C=O) groups excluding carboxylic acids is 2. The molecule has 2 rings (SSSR count). The Kier molecular flexibility index (Phi) is 5.37. The Morgan fingerprint density at radius 3 is 2.60 bits per heavy atom. The summed E-state index contributed by atoms with van der Waals surface area (Å²) in [5.74, 6) is 0.347. The van der Waals surface area contributed by atoms with Gasteiger partial charge in [0.25, 0.3) is 0 Å². The third-order valence-electron chi connectivity index (χ3n) is 3.35. The molecule has 0 unspecified atom stereocenters. The summed E-state index contributed by atoms with van der Waals surface area (Å²) in [6.07, 6.45) is 7.90. The topological polar surface area (TPSA) is 65.1 Å². The van der Waals surface area contributed by atoms with Crippen molar-refractivity contribution in [2.24, 2.45) is 0 Å². The summed E-state index contributed by atoms with van der Waals surface area (Å²) in [5.41, 5.74) is 0. The maximum atomic E-state index is 11.6.